The Hall–Kier alpha value is -1.68. The van der Waals surface area contributed by atoms with Gasteiger partial charge in [0.25, 0.3) is 5.91 Å². The van der Waals surface area contributed by atoms with Crippen molar-refractivity contribution in [1.82, 2.24) is 15.5 Å². The smallest absolute Gasteiger partial charge is 0.355 e. The van der Waals surface area contributed by atoms with E-state index in [1.165, 1.54) is 16.7 Å². The molecule has 3 aliphatic heterocycles. The van der Waals surface area contributed by atoms with Crippen molar-refractivity contribution in [3.05, 3.63) is 11.3 Å². The number of nitrogens with one attached hydrogen (secondary N) is 2. The molecule has 27 heavy (non-hydrogen) atoms. The van der Waals surface area contributed by atoms with Crippen LogP contribution in [0.5, 0.6) is 0 Å². The molecule has 3 heterocycles. The molecular weight excluding hydrogens is 388 g/mol. The number of carbonyl (C=O) groups excluding carboxylic acids is 3. The molecule has 0 saturated carbocycles. The van der Waals surface area contributed by atoms with Gasteiger partial charge >= 0.3 is 5.97 Å². The predicted octanol–water partition coefficient (Wildman–Crippen LogP) is 0.693. The minimum Gasteiger partial charge on any atom is -0.456 e. The number of nitrogens with zero attached hydrogens (tertiary/aromatic N) is 2. The third kappa shape index (κ3) is 4.26. The summed E-state index contributed by atoms with van der Waals surface area (Å²) in [5.74, 6) is -0.122. The van der Waals surface area contributed by atoms with Crippen molar-refractivity contribution in [3.63, 3.8) is 0 Å². The standard InChI is InChI=1S/C17H24N4O4S2/c1-8(2)18-17(19-9(3)4)27-7-11(22)20-12-14(23)21-13-10(5-25-16(13)24)6-26-15(12)21/h8-9,12,15H,5-7H2,1-4H3,(H,18,19)(H,20,22)/t12-,15-/m1/s1. The van der Waals surface area contributed by atoms with Gasteiger partial charge in [-0.1, -0.05) is 11.8 Å². The van der Waals surface area contributed by atoms with Crippen LogP contribution in [0.3, 0.4) is 0 Å². The molecule has 0 radical (unpaired) electrons. The number of rotatable bonds is 5. The first-order chi connectivity index (χ1) is 12.8. The normalized spacial score (nSPS) is 24.7. The zero-order chi connectivity index (χ0) is 19.7. The number of ether oxygens (including phenoxy) is 1. The fraction of sp³-hybridized carbons (Fsp3) is 0.647. The molecule has 0 aromatic heterocycles. The summed E-state index contributed by atoms with van der Waals surface area (Å²) in [5.41, 5.74) is 1.22. The van der Waals surface area contributed by atoms with E-state index in [1.54, 1.807) is 11.8 Å². The number of fused-ring (bicyclic) bond motifs is 2. The van der Waals surface area contributed by atoms with Gasteiger partial charge in [-0.3, -0.25) is 19.5 Å². The molecule has 1 fully saturated rings. The number of cyclic esters (lactones) is 1. The van der Waals surface area contributed by atoms with Crippen molar-refractivity contribution in [3.8, 4) is 0 Å². The van der Waals surface area contributed by atoms with Gasteiger partial charge in [0.2, 0.25) is 5.91 Å². The SMILES string of the molecule is CC(C)N=C(NC(C)C)SCC(=O)N[C@@H]1C(=O)N2C3=C(COC3=O)CS[C@H]12. The molecule has 3 aliphatic rings. The zero-order valence-electron chi connectivity index (χ0n) is 15.8. The summed E-state index contributed by atoms with van der Waals surface area (Å²) in [6.45, 7) is 8.22. The van der Waals surface area contributed by atoms with Gasteiger partial charge in [-0.15, -0.1) is 11.8 Å². The summed E-state index contributed by atoms with van der Waals surface area (Å²) in [7, 11) is 0. The average Bonchev–Trinajstić information content (AvgIpc) is 2.96. The highest BCUT2D eigenvalue weighted by molar-refractivity contribution is 8.14. The van der Waals surface area contributed by atoms with E-state index >= 15 is 0 Å². The highest BCUT2D eigenvalue weighted by Gasteiger charge is 2.55. The quantitative estimate of drug-likeness (QED) is 0.297. The summed E-state index contributed by atoms with van der Waals surface area (Å²) >= 11 is 2.86. The van der Waals surface area contributed by atoms with Crippen LogP contribution in [0.4, 0.5) is 0 Å². The maximum Gasteiger partial charge on any atom is 0.355 e. The highest BCUT2D eigenvalue weighted by atomic mass is 32.2. The van der Waals surface area contributed by atoms with Crippen LogP contribution in [-0.2, 0) is 19.1 Å². The number of hydrogen-bond acceptors (Lipinski definition) is 7. The van der Waals surface area contributed by atoms with Crippen LogP contribution in [0.1, 0.15) is 27.7 Å². The van der Waals surface area contributed by atoms with Crippen LogP contribution >= 0.6 is 23.5 Å². The first kappa shape index (κ1) is 20.1. The largest absolute Gasteiger partial charge is 0.456 e. The van der Waals surface area contributed by atoms with Gasteiger partial charge in [0.05, 0.1) is 5.75 Å². The maximum absolute atomic E-state index is 12.5. The molecule has 0 aliphatic carbocycles. The second-order valence-electron chi connectivity index (χ2n) is 7.10. The van der Waals surface area contributed by atoms with Gasteiger partial charge in [0.15, 0.2) is 5.17 Å². The first-order valence-electron chi connectivity index (χ1n) is 8.88. The lowest BCUT2D eigenvalue weighted by Gasteiger charge is -2.48. The predicted molar refractivity (Wildman–Crippen MR) is 106 cm³/mol. The lowest BCUT2D eigenvalue weighted by atomic mass is 10.0. The fourth-order valence-electron chi connectivity index (χ4n) is 2.95. The lowest BCUT2D eigenvalue weighted by molar-refractivity contribution is -0.150. The number of β-lactam (4-membered cyclic amide) rings is 1. The van der Waals surface area contributed by atoms with Gasteiger partial charge in [-0.25, -0.2) is 4.79 Å². The summed E-state index contributed by atoms with van der Waals surface area (Å²) < 4.78 is 5.01. The van der Waals surface area contributed by atoms with Gasteiger partial charge in [-0.05, 0) is 27.7 Å². The molecule has 1 saturated heterocycles. The molecule has 0 spiro atoms. The van der Waals surface area contributed by atoms with Crippen LogP contribution < -0.4 is 10.6 Å². The first-order valence-corrected chi connectivity index (χ1v) is 10.9. The molecule has 10 heteroatoms. The Morgan fingerprint density at radius 2 is 2.11 bits per heavy atom. The number of amidine groups is 1. The van der Waals surface area contributed by atoms with Crippen molar-refractivity contribution in [2.24, 2.45) is 4.99 Å². The Labute approximate surface area is 166 Å². The van der Waals surface area contributed by atoms with E-state index < -0.39 is 12.0 Å². The Bertz CT molecular complexity index is 720. The van der Waals surface area contributed by atoms with Crippen LogP contribution in [0.2, 0.25) is 0 Å². The molecule has 0 bridgehead atoms. The molecule has 8 nitrogen and oxygen atoms in total. The van der Waals surface area contributed by atoms with Crippen LogP contribution in [-0.4, -0.2) is 69.5 Å². The number of amides is 2. The van der Waals surface area contributed by atoms with Crippen molar-refractivity contribution >= 4 is 46.5 Å². The lowest BCUT2D eigenvalue weighted by Crippen LogP contribution is -2.70. The van der Waals surface area contributed by atoms with Gasteiger partial charge in [0.1, 0.15) is 23.7 Å². The summed E-state index contributed by atoms with van der Waals surface area (Å²) in [5, 5.41) is 6.49. The highest BCUT2D eigenvalue weighted by Crippen LogP contribution is 2.42. The number of hydrogen-bond donors (Lipinski definition) is 2. The van der Waals surface area contributed by atoms with E-state index in [4.69, 9.17) is 4.74 Å². The van der Waals surface area contributed by atoms with E-state index in [0.29, 0.717) is 16.6 Å². The number of carbonyl (C=O) groups is 3. The molecular formula is C17H24N4O4S2. The summed E-state index contributed by atoms with van der Waals surface area (Å²) in [6, 6.07) is -0.267. The molecule has 2 amide bonds. The zero-order valence-corrected chi connectivity index (χ0v) is 17.4. The summed E-state index contributed by atoms with van der Waals surface area (Å²) in [6.07, 6.45) is 0. The van der Waals surface area contributed by atoms with Gasteiger partial charge in [-0.2, -0.15) is 0 Å². The van der Waals surface area contributed by atoms with E-state index in [9.17, 15) is 14.4 Å². The topological polar surface area (TPSA) is 100 Å². The molecule has 2 N–H and O–H groups in total. The van der Waals surface area contributed by atoms with Gasteiger partial charge in [0, 0.05) is 23.4 Å². The number of aliphatic imine (C=N–C) groups is 1. The van der Waals surface area contributed by atoms with Crippen molar-refractivity contribution in [2.45, 2.75) is 51.2 Å². The van der Waals surface area contributed by atoms with Crippen LogP contribution in [0, 0.1) is 0 Å². The van der Waals surface area contributed by atoms with Gasteiger partial charge < -0.3 is 15.4 Å². The number of esters is 1. The second kappa shape index (κ2) is 8.14. The average molecular weight is 413 g/mol. The Morgan fingerprint density at radius 3 is 2.78 bits per heavy atom. The summed E-state index contributed by atoms with van der Waals surface area (Å²) in [4.78, 5) is 42.6. The van der Waals surface area contributed by atoms with Crippen molar-refractivity contribution < 1.29 is 19.1 Å². The fourth-order valence-corrected chi connectivity index (χ4v) is 5.23. The Morgan fingerprint density at radius 1 is 1.37 bits per heavy atom. The van der Waals surface area contributed by atoms with Crippen LogP contribution in [0.25, 0.3) is 0 Å². The monoisotopic (exact) mass is 412 g/mol. The van der Waals surface area contributed by atoms with E-state index in [0.717, 1.165) is 5.57 Å². The molecule has 0 aromatic carbocycles. The van der Waals surface area contributed by atoms with Crippen molar-refractivity contribution in [1.29, 1.82) is 0 Å². The molecule has 0 aromatic rings. The minimum atomic E-state index is -0.603. The third-order valence-corrected chi connectivity index (χ3v) is 6.31. The van der Waals surface area contributed by atoms with E-state index in [-0.39, 0.29) is 41.6 Å². The molecule has 0 unspecified atom stereocenters. The number of thioether (sulfide) groups is 2. The second-order valence-corrected chi connectivity index (χ2v) is 9.17. The molecule has 2 atom stereocenters. The third-order valence-electron chi connectivity index (χ3n) is 4.06. The van der Waals surface area contributed by atoms with E-state index in [2.05, 4.69) is 15.6 Å². The van der Waals surface area contributed by atoms with E-state index in [1.807, 2.05) is 27.7 Å². The van der Waals surface area contributed by atoms with Crippen molar-refractivity contribution in [2.75, 3.05) is 18.1 Å². The molecule has 148 valence electrons. The minimum absolute atomic E-state index is 0.121. The molecule has 3 rings (SSSR count). The maximum atomic E-state index is 12.5. The Kier molecular flexibility index (Phi) is 6.05. The van der Waals surface area contributed by atoms with Crippen LogP contribution in [0.15, 0.2) is 16.3 Å². The Balaban J connectivity index is 1.55.